The lowest BCUT2D eigenvalue weighted by Crippen LogP contribution is -2.46. The van der Waals surface area contributed by atoms with Crippen molar-refractivity contribution in [1.82, 2.24) is 10.2 Å². The molecule has 1 saturated heterocycles. The van der Waals surface area contributed by atoms with Crippen molar-refractivity contribution >= 4 is 41.5 Å². The van der Waals surface area contributed by atoms with Gasteiger partial charge in [-0.25, -0.2) is 0 Å². The van der Waals surface area contributed by atoms with Crippen molar-refractivity contribution in [2.24, 2.45) is 5.73 Å². The summed E-state index contributed by atoms with van der Waals surface area (Å²) in [6, 6.07) is 6.13. The van der Waals surface area contributed by atoms with Crippen molar-refractivity contribution in [3.8, 4) is 0 Å². The lowest BCUT2D eigenvalue weighted by molar-refractivity contribution is -0.121. The van der Waals surface area contributed by atoms with Gasteiger partial charge in [-0.3, -0.25) is 9.69 Å². The third-order valence-electron chi connectivity index (χ3n) is 4.03. The smallest absolute Gasteiger partial charge is 0.221 e. The number of nitrogens with two attached hydrogens (primary N) is 1. The summed E-state index contributed by atoms with van der Waals surface area (Å²) in [4.78, 5) is 14.0. The van der Waals surface area contributed by atoms with Crippen LogP contribution in [0.1, 0.15) is 31.2 Å². The van der Waals surface area contributed by atoms with Gasteiger partial charge in [0.15, 0.2) is 0 Å². The number of halogens is 3. The van der Waals surface area contributed by atoms with Gasteiger partial charge in [-0.1, -0.05) is 35.7 Å². The van der Waals surface area contributed by atoms with E-state index in [1.54, 1.807) is 0 Å². The fraction of sp³-hybridized carbons (Fsp3) is 0.562. The summed E-state index contributed by atoms with van der Waals surface area (Å²) in [5.74, 6) is 0.0301. The Morgan fingerprint density at radius 3 is 2.78 bits per heavy atom. The highest BCUT2D eigenvalue weighted by Gasteiger charge is 2.23. The molecule has 1 aliphatic heterocycles. The summed E-state index contributed by atoms with van der Waals surface area (Å²) in [7, 11) is 0. The lowest BCUT2D eigenvalue weighted by atomic mass is 10.0. The van der Waals surface area contributed by atoms with Crippen molar-refractivity contribution in [3.63, 3.8) is 0 Å². The minimum absolute atomic E-state index is 0. The van der Waals surface area contributed by atoms with E-state index in [1.165, 1.54) is 12.8 Å². The highest BCUT2D eigenvalue weighted by Crippen LogP contribution is 2.25. The molecule has 1 aromatic carbocycles. The summed E-state index contributed by atoms with van der Waals surface area (Å²) in [6.45, 7) is 2.94. The molecule has 4 nitrogen and oxygen atoms in total. The topological polar surface area (TPSA) is 58.4 Å². The molecule has 130 valence electrons. The van der Waals surface area contributed by atoms with Crippen molar-refractivity contribution in [2.45, 2.75) is 38.3 Å². The maximum atomic E-state index is 11.6. The van der Waals surface area contributed by atoms with E-state index in [0.717, 1.165) is 25.1 Å². The number of carbonyl (C=O) groups is 1. The van der Waals surface area contributed by atoms with Gasteiger partial charge in [0.2, 0.25) is 5.91 Å². The summed E-state index contributed by atoms with van der Waals surface area (Å²) < 4.78 is 0. The molecule has 7 heteroatoms. The second-order valence-corrected chi connectivity index (χ2v) is 6.53. The molecule has 1 amide bonds. The standard InChI is InChI=1S/C16H23Cl2N3O.ClH/c17-14-5-4-12(9-15(14)18)11-21-8-2-1-3-13(21)10-20-16(22)6-7-19;/h4-5,9,13H,1-3,6-8,10-11,19H2,(H,20,22);1H. The third kappa shape index (κ3) is 6.48. The van der Waals surface area contributed by atoms with Crippen LogP contribution in [0.15, 0.2) is 18.2 Å². The van der Waals surface area contributed by atoms with Crippen LogP contribution in [0.3, 0.4) is 0 Å². The van der Waals surface area contributed by atoms with E-state index in [4.69, 9.17) is 28.9 Å². The van der Waals surface area contributed by atoms with Crippen LogP contribution in [0.25, 0.3) is 0 Å². The molecule has 0 aliphatic carbocycles. The Bertz CT molecular complexity index is 513. The van der Waals surface area contributed by atoms with Gasteiger partial charge in [0.05, 0.1) is 10.0 Å². The summed E-state index contributed by atoms with van der Waals surface area (Å²) in [5.41, 5.74) is 6.55. The minimum Gasteiger partial charge on any atom is -0.354 e. The molecule has 0 aromatic heterocycles. The van der Waals surface area contributed by atoms with Gasteiger partial charge in [-0.05, 0) is 37.1 Å². The first-order chi connectivity index (χ1) is 10.6. The Balaban J connectivity index is 0.00000264. The number of amides is 1. The van der Waals surface area contributed by atoms with Gasteiger partial charge in [-0.2, -0.15) is 0 Å². The third-order valence-corrected chi connectivity index (χ3v) is 4.76. The van der Waals surface area contributed by atoms with Crippen LogP contribution >= 0.6 is 35.6 Å². The second kappa shape index (κ2) is 10.4. The lowest BCUT2D eigenvalue weighted by Gasteiger charge is -2.36. The largest absolute Gasteiger partial charge is 0.354 e. The van der Waals surface area contributed by atoms with Crippen LogP contribution in [0.5, 0.6) is 0 Å². The molecule has 1 atom stereocenters. The van der Waals surface area contributed by atoms with Crippen LogP contribution < -0.4 is 11.1 Å². The zero-order valence-electron chi connectivity index (χ0n) is 13.1. The number of nitrogens with one attached hydrogen (secondary N) is 1. The number of piperidine rings is 1. The van der Waals surface area contributed by atoms with E-state index in [-0.39, 0.29) is 18.3 Å². The molecular formula is C16H24Cl3N3O. The van der Waals surface area contributed by atoms with Crippen LogP contribution in [-0.4, -0.2) is 36.5 Å². The quantitative estimate of drug-likeness (QED) is 0.796. The predicted octanol–water partition coefficient (Wildman–Crippen LogP) is 3.23. The molecule has 2 rings (SSSR count). The summed E-state index contributed by atoms with van der Waals surface area (Å²) >= 11 is 12.0. The van der Waals surface area contributed by atoms with Crippen LogP contribution in [0.2, 0.25) is 10.0 Å². The number of benzene rings is 1. The Morgan fingerprint density at radius 1 is 1.30 bits per heavy atom. The van der Waals surface area contributed by atoms with Crippen LogP contribution in [0.4, 0.5) is 0 Å². The Labute approximate surface area is 154 Å². The normalized spacial score (nSPS) is 18.3. The number of carbonyl (C=O) groups excluding carboxylic acids is 1. The van der Waals surface area contributed by atoms with Gasteiger partial charge in [0, 0.05) is 32.1 Å². The average molecular weight is 381 g/mol. The van der Waals surface area contributed by atoms with Gasteiger partial charge in [-0.15, -0.1) is 12.4 Å². The van der Waals surface area contributed by atoms with Crippen molar-refractivity contribution < 1.29 is 4.79 Å². The first-order valence-electron chi connectivity index (χ1n) is 7.75. The first kappa shape index (κ1) is 20.5. The highest BCUT2D eigenvalue weighted by molar-refractivity contribution is 6.42. The number of hydrogen-bond donors (Lipinski definition) is 2. The Morgan fingerprint density at radius 2 is 2.09 bits per heavy atom. The fourth-order valence-electron chi connectivity index (χ4n) is 2.82. The van der Waals surface area contributed by atoms with E-state index >= 15 is 0 Å². The van der Waals surface area contributed by atoms with Gasteiger partial charge in [0.25, 0.3) is 0 Å². The monoisotopic (exact) mass is 379 g/mol. The van der Waals surface area contributed by atoms with E-state index in [9.17, 15) is 4.79 Å². The molecule has 3 N–H and O–H groups in total. The van der Waals surface area contributed by atoms with Gasteiger partial charge >= 0.3 is 0 Å². The molecule has 1 unspecified atom stereocenters. The highest BCUT2D eigenvalue weighted by atomic mass is 35.5. The van der Waals surface area contributed by atoms with Crippen LogP contribution in [-0.2, 0) is 11.3 Å². The maximum Gasteiger partial charge on any atom is 0.221 e. The second-order valence-electron chi connectivity index (χ2n) is 5.71. The molecule has 1 fully saturated rings. The van der Waals surface area contributed by atoms with Gasteiger partial charge in [0.1, 0.15) is 0 Å². The van der Waals surface area contributed by atoms with Gasteiger partial charge < -0.3 is 11.1 Å². The molecular weight excluding hydrogens is 357 g/mol. The molecule has 1 aliphatic rings. The Kier molecular flexibility index (Phi) is 9.25. The zero-order chi connectivity index (χ0) is 15.9. The summed E-state index contributed by atoms with van der Waals surface area (Å²) in [6.07, 6.45) is 3.88. The maximum absolute atomic E-state index is 11.6. The molecule has 23 heavy (non-hydrogen) atoms. The predicted molar refractivity (Wildman–Crippen MR) is 98.4 cm³/mol. The van der Waals surface area contributed by atoms with E-state index in [1.807, 2.05) is 18.2 Å². The van der Waals surface area contributed by atoms with Crippen molar-refractivity contribution in [2.75, 3.05) is 19.6 Å². The SMILES string of the molecule is Cl.NCCC(=O)NCC1CCCCN1Cc1ccc(Cl)c(Cl)c1. The Hall–Kier alpha value is -0.520. The molecule has 0 bridgehead atoms. The number of likely N-dealkylation sites (tertiary alicyclic amines) is 1. The van der Waals surface area contributed by atoms with Crippen molar-refractivity contribution in [1.29, 1.82) is 0 Å². The summed E-state index contributed by atoms with van der Waals surface area (Å²) in [5, 5.41) is 4.15. The van der Waals surface area contributed by atoms with E-state index < -0.39 is 0 Å². The fourth-order valence-corrected chi connectivity index (χ4v) is 3.14. The van der Waals surface area contributed by atoms with Crippen LogP contribution in [0, 0.1) is 0 Å². The number of rotatable bonds is 6. The van der Waals surface area contributed by atoms with E-state index in [0.29, 0.717) is 35.6 Å². The van der Waals surface area contributed by atoms with E-state index in [2.05, 4.69) is 10.2 Å². The molecule has 1 aromatic rings. The zero-order valence-corrected chi connectivity index (χ0v) is 15.4. The number of nitrogens with zero attached hydrogens (tertiary/aromatic N) is 1. The molecule has 0 spiro atoms. The minimum atomic E-state index is 0. The molecule has 1 heterocycles. The van der Waals surface area contributed by atoms with Crippen molar-refractivity contribution in [3.05, 3.63) is 33.8 Å². The molecule has 0 saturated carbocycles. The average Bonchev–Trinajstić information content (AvgIpc) is 2.50. The number of hydrogen-bond acceptors (Lipinski definition) is 3. The first-order valence-corrected chi connectivity index (χ1v) is 8.50. The molecule has 0 radical (unpaired) electrons.